The average Bonchev–Trinajstić information content (AvgIpc) is 3.47. The van der Waals surface area contributed by atoms with E-state index in [4.69, 9.17) is 4.42 Å². The number of nitrogens with zero attached hydrogens (tertiary/aromatic N) is 2. The molecule has 1 saturated heterocycles. The summed E-state index contributed by atoms with van der Waals surface area (Å²) in [7, 11) is 1.81. The summed E-state index contributed by atoms with van der Waals surface area (Å²) in [6.07, 6.45) is 1.42. The molecule has 2 aromatic carbocycles. The SMILES string of the molecule is CN1C[C@H](c2cccc([N+](=O)[O-])c2)C(C(=O)c2ccco2)[C@]12C(=O)Nc1ccccc12. The normalized spacial score (nSPS) is 24.9. The molecule has 156 valence electrons. The van der Waals surface area contributed by atoms with Crippen LogP contribution < -0.4 is 5.32 Å². The van der Waals surface area contributed by atoms with Gasteiger partial charge in [-0.3, -0.25) is 24.6 Å². The number of nitrogens with one attached hydrogen (secondary N) is 1. The van der Waals surface area contributed by atoms with Crippen molar-refractivity contribution in [2.24, 2.45) is 5.92 Å². The molecule has 8 nitrogen and oxygen atoms in total. The first-order valence-corrected chi connectivity index (χ1v) is 9.89. The number of Topliss-reactive ketones (excluding diaryl/α,β-unsaturated/α-hetero) is 1. The Labute approximate surface area is 177 Å². The largest absolute Gasteiger partial charge is 0.461 e. The van der Waals surface area contributed by atoms with Crippen molar-refractivity contribution in [1.29, 1.82) is 0 Å². The number of likely N-dealkylation sites (tertiary alicyclic amines) is 1. The van der Waals surface area contributed by atoms with Gasteiger partial charge in [-0.1, -0.05) is 30.3 Å². The number of non-ortho nitro benzene ring substituents is 1. The van der Waals surface area contributed by atoms with E-state index >= 15 is 0 Å². The van der Waals surface area contributed by atoms with Gasteiger partial charge in [0, 0.05) is 35.8 Å². The van der Waals surface area contributed by atoms with Crippen LogP contribution in [0, 0.1) is 16.0 Å². The number of amides is 1. The minimum absolute atomic E-state index is 0.0541. The maximum Gasteiger partial charge on any atom is 0.269 e. The number of fused-ring (bicyclic) bond motifs is 2. The summed E-state index contributed by atoms with van der Waals surface area (Å²) in [6.45, 7) is 0.375. The summed E-state index contributed by atoms with van der Waals surface area (Å²) >= 11 is 0. The highest BCUT2D eigenvalue weighted by molar-refractivity contribution is 6.11. The van der Waals surface area contributed by atoms with E-state index < -0.39 is 22.3 Å². The van der Waals surface area contributed by atoms with Crippen molar-refractivity contribution >= 4 is 23.1 Å². The Balaban J connectivity index is 1.72. The predicted octanol–water partition coefficient (Wildman–Crippen LogP) is 3.56. The van der Waals surface area contributed by atoms with Gasteiger partial charge in [-0.25, -0.2) is 0 Å². The van der Waals surface area contributed by atoms with Crippen molar-refractivity contribution in [3.05, 3.63) is 93.9 Å². The number of hydrogen-bond acceptors (Lipinski definition) is 6. The quantitative estimate of drug-likeness (QED) is 0.395. The first-order valence-electron chi connectivity index (χ1n) is 9.89. The molecule has 0 saturated carbocycles. The molecule has 1 N–H and O–H groups in total. The lowest BCUT2D eigenvalue weighted by Gasteiger charge is -2.35. The van der Waals surface area contributed by atoms with Crippen LogP contribution in [0.3, 0.4) is 0 Å². The Morgan fingerprint density at radius 1 is 1.19 bits per heavy atom. The molecular formula is C23H19N3O5. The smallest absolute Gasteiger partial charge is 0.269 e. The first kappa shape index (κ1) is 19.2. The van der Waals surface area contributed by atoms with Crippen molar-refractivity contribution < 1.29 is 18.9 Å². The van der Waals surface area contributed by atoms with E-state index in [1.165, 1.54) is 18.4 Å². The predicted molar refractivity (Wildman–Crippen MR) is 112 cm³/mol. The highest BCUT2D eigenvalue weighted by Crippen LogP contribution is 2.55. The first-order chi connectivity index (χ1) is 14.9. The summed E-state index contributed by atoms with van der Waals surface area (Å²) in [5, 5.41) is 14.3. The van der Waals surface area contributed by atoms with Crippen LogP contribution in [0.25, 0.3) is 0 Å². The van der Waals surface area contributed by atoms with E-state index in [1.54, 1.807) is 31.3 Å². The van der Waals surface area contributed by atoms with Gasteiger partial charge in [0.1, 0.15) is 5.54 Å². The van der Waals surface area contributed by atoms with Gasteiger partial charge in [-0.05, 0) is 30.8 Å². The average molecular weight is 417 g/mol. The maximum absolute atomic E-state index is 13.7. The molecule has 1 spiro atoms. The van der Waals surface area contributed by atoms with Gasteiger partial charge < -0.3 is 9.73 Å². The van der Waals surface area contributed by atoms with Gasteiger partial charge in [-0.2, -0.15) is 0 Å². The van der Waals surface area contributed by atoms with Crippen molar-refractivity contribution in [2.45, 2.75) is 11.5 Å². The Hall–Kier alpha value is -3.78. The second kappa shape index (κ2) is 6.88. The fourth-order valence-electron chi connectivity index (χ4n) is 5.14. The topological polar surface area (TPSA) is 106 Å². The van der Waals surface area contributed by atoms with Crippen LogP contribution in [-0.4, -0.2) is 35.1 Å². The fraction of sp³-hybridized carbons (Fsp3) is 0.217. The minimum Gasteiger partial charge on any atom is -0.461 e. The van der Waals surface area contributed by atoms with Crippen LogP contribution >= 0.6 is 0 Å². The molecule has 3 heterocycles. The minimum atomic E-state index is -1.24. The zero-order chi connectivity index (χ0) is 21.8. The van der Waals surface area contributed by atoms with Crippen LogP contribution in [0.1, 0.15) is 27.6 Å². The highest BCUT2D eigenvalue weighted by Gasteiger charge is 2.64. The van der Waals surface area contributed by atoms with Crippen LogP contribution in [0.5, 0.6) is 0 Å². The van der Waals surface area contributed by atoms with Gasteiger partial charge in [0.2, 0.25) is 11.7 Å². The van der Waals surface area contributed by atoms with Crippen molar-refractivity contribution in [3.63, 3.8) is 0 Å². The molecule has 0 bridgehead atoms. The van der Waals surface area contributed by atoms with Crippen LogP contribution in [0.4, 0.5) is 11.4 Å². The number of benzene rings is 2. The molecule has 1 aromatic heterocycles. The molecule has 3 atom stereocenters. The molecule has 2 aliphatic rings. The fourth-order valence-corrected chi connectivity index (χ4v) is 5.14. The monoisotopic (exact) mass is 417 g/mol. The maximum atomic E-state index is 13.7. The molecule has 1 unspecified atom stereocenters. The lowest BCUT2D eigenvalue weighted by Crippen LogP contribution is -2.51. The van der Waals surface area contributed by atoms with E-state index in [1.807, 2.05) is 29.2 Å². The number of carbonyl (C=O) groups excluding carboxylic acids is 2. The number of anilines is 1. The highest BCUT2D eigenvalue weighted by atomic mass is 16.6. The van der Waals surface area contributed by atoms with E-state index in [9.17, 15) is 19.7 Å². The Morgan fingerprint density at radius 3 is 2.74 bits per heavy atom. The molecule has 31 heavy (non-hydrogen) atoms. The molecular weight excluding hydrogens is 398 g/mol. The summed E-state index contributed by atoms with van der Waals surface area (Å²) < 4.78 is 5.41. The van der Waals surface area contributed by atoms with Crippen LogP contribution in [-0.2, 0) is 10.3 Å². The summed E-state index contributed by atoms with van der Waals surface area (Å²) in [4.78, 5) is 40.0. The summed E-state index contributed by atoms with van der Waals surface area (Å²) in [5.41, 5.74) is 0.730. The van der Waals surface area contributed by atoms with Crippen molar-refractivity contribution in [3.8, 4) is 0 Å². The lowest BCUT2D eigenvalue weighted by molar-refractivity contribution is -0.384. The number of ketones is 1. The number of para-hydroxylation sites is 1. The van der Waals surface area contributed by atoms with Gasteiger partial charge >= 0.3 is 0 Å². The summed E-state index contributed by atoms with van der Waals surface area (Å²) in [6, 6.07) is 16.8. The van der Waals surface area contributed by atoms with Gasteiger partial charge in [-0.15, -0.1) is 0 Å². The summed E-state index contributed by atoms with van der Waals surface area (Å²) in [5.74, 6) is -1.70. The second-order valence-corrected chi connectivity index (χ2v) is 7.92. The Morgan fingerprint density at radius 2 is 2.00 bits per heavy atom. The number of nitro groups is 1. The Bertz CT molecular complexity index is 1210. The zero-order valence-corrected chi connectivity index (χ0v) is 16.6. The molecule has 1 amide bonds. The van der Waals surface area contributed by atoms with Crippen molar-refractivity contribution in [1.82, 2.24) is 4.90 Å². The number of rotatable bonds is 4. The number of hydrogen-bond donors (Lipinski definition) is 1. The molecule has 0 aliphatic carbocycles. The molecule has 8 heteroatoms. The van der Waals surface area contributed by atoms with Gasteiger partial charge in [0.15, 0.2) is 5.76 Å². The van der Waals surface area contributed by atoms with E-state index in [-0.39, 0.29) is 23.1 Å². The van der Waals surface area contributed by atoms with Gasteiger partial charge in [0.05, 0.1) is 17.1 Å². The lowest BCUT2D eigenvalue weighted by atomic mass is 9.71. The van der Waals surface area contributed by atoms with Crippen LogP contribution in [0.15, 0.2) is 71.3 Å². The third-order valence-electron chi connectivity index (χ3n) is 6.41. The number of likely N-dealkylation sites (N-methyl/N-ethyl adjacent to an activating group) is 1. The molecule has 2 aliphatic heterocycles. The Kier molecular flexibility index (Phi) is 4.26. The van der Waals surface area contributed by atoms with E-state index in [0.29, 0.717) is 17.8 Å². The molecule has 3 aromatic rings. The molecule has 1 fully saturated rings. The zero-order valence-electron chi connectivity index (χ0n) is 16.6. The standard InChI is InChI=1S/C23H19N3O5/c1-25-13-16(14-6-4-7-15(12-14)26(29)30)20(21(27)19-10-5-11-31-19)23(25)17-8-2-3-9-18(17)24-22(23)28/h2-12,16,20H,13H2,1H3,(H,24,28)/t16-,20?,23-/m1/s1. The third kappa shape index (κ3) is 2.65. The van der Waals surface area contributed by atoms with E-state index in [0.717, 1.165) is 5.56 Å². The van der Waals surface area contributed by atoms with Crippen LogP contribution in [0.2, 0.25) is 0 Å². The van der Waals surface area contributed by atoms with Gasteiger partial charge in [0.25, 0.3) is 5.69 Å². The molecule has 0 radical (unpaired) electrons. The molecule has 5 rings (SSSR count). The third-order valence-corrected chi connectivity index (χ3v) is 6.41. The second-order valence-electron chi connectivity index (χ2n) is 7.92. The number of furan rings is 1. The number of nitro benzene ring substituents is 1. The van der Waals surface area contributed by atoms with E-state index in [2.05, 4.69) is 5.32 Å². The van der Waals surface area contributed by atoms with Crippen molar-refractivity contribution in [2.75, 3.05) is 18.9 Å². The number of carbonyl (C=O) groups is 2.